The normalized spacial score (nSPS) is 13.1. The van der Waals surface area contributed by atoms with Crippen LogP contribution in [0.5, 0.6) is 0 Å². The van der Waals surface area contributed by atoms with Crippen molar-refractivity contribution in [2.45, 2.75) is 179 Å². The van der Waals surface area contributed by atoms with Gasteiger partial charge in [0.1, 0.15) is 0 Å². The summed E-state index contributed by atoms with van der Waals surface area (Å²) in [7, 11) is -1.05. The van der Waals surface area contributed by atoms with Gasteiger partial charge < -0.3 is 0 Å². The predicted molar refractivity (Wildman–Crippen MR) is 167 cm³/mol. The van der Waals surface area contributed by atoms with E-state index in [0.717, 1.165) is 0 Å². The second-order valence-corrected chi connectivity index (χ2v) is 46.7. The fraction of sp³-hybridized carbons (Fsp3) is 1.00. The average Bonchev–Trinajstić information content (AvgIpc) is 2.82. The van der Waals surface area contributed by atoms with Gasteiger partial charge in [0.15, 0.2) is 0 Å². The molecule has 0 atom stereocenters. The van der Waals surface area contributed by atoms with Crippen LogP contribution in [-0.4, -0.2) is 44.8 Å². The summed E-state index contributed by atoms with van der Waals surface area (Å²) >= 11 is -3.88. The zero-order chi connectivity index (χ0) is 25.1. The van der Waals surface area contributed by atoms with Crippen LogP contribution in [0.4, 0.5) is 0 Å². The van der Waals surface area contributed by atoms with Gasteiger partial charge in [0.05, 0.1) is 0 Å². The summed E-state index contributed by atoms with van der Waals surface area (Å²) in [5.41, 5.74) is 0. The maximum absolute atomic E-state index is 2.82. The summed E-state index contributed by atoms with van der Waals surface area (Å²) in [5.74, 6) is 0. The third kappa shape index (κ3) is 16.3. The zero-order valence-electron chi connectivity index (χ0n) is 25.1. The zero-order valence-corrected chi connectivity index (χ0v) is 31.8. The fourth-order valence-electron chi connectivity index (χ4n) is 6.14. The monoisotopic (exact) mass is 696 g/mol. The minimum atomic E-state index is -1.94. The van der Waals surface area contributed by atoms with Crippen LogP contribution in [-0.2, 0) is 0 Å². The Balaban J connectivity index is 5.33. The summed E-state index contributed by atoms with van der Waals surface area (Å²) in [6.07, 6.45) is 17.9. The van der Waals surface area contributed by atoms with Gasteiger partial charge in [-0.2, -0.15) is 0 Å². The Bertz CT molecular complexity index is 353. The molecule has 0 bridgehead atoms. The first-order valence-electron chi connectivity index (χ1n) is 15.8. The first-order valence-corrected chi connectivity index (χ1v) is 35.3. The van der Waals surface area contributed by atoms with E-state index in [1.54, 1.807) is 86.1 Å². The van der Waals surface area contributed by atoms with Gasteiger partial charge in [0, 0.05) is 0 Å². The number of unbranched alkanes of at least 4 members (excludes halogenated alkanes) is 6. The molecular formula is C30H68SiSn2. The van der Waals surface area contributed by atoms with Crippen molar-refractivity contribution < 1.29 is 0 Å². The van der Waals surface area contributed by atoms with Gasteiger partial charge in [-0.15, -0.1) is 0 Å². The van der Waals surface area contributed by atoms with Gasteiger partial charge in [-0.25, -0.2) is 0 Å². The first kappa shape index (κ1) is 34.8. The van der Waals surface area contributed by atoms with Crippen molar-refractivity contribution >= 4 is 44.8 Å². The summed E-state index contributed by atoms with van der Waals surface area (Å²) in [6.45, 7) is 20.2. The third-order valence-electron chi connectivity index (χ3n) is 9.03. The Morgan fingerprint density at radius 3 is 0.758 bits per heavy atom. The number of hydrogen-bond donors (Lipinski definition) is 0. The van der Waals surface area contributed by atoms with Crippen LogP contribution in [0.15, 0.2) is 0 Å². The topological polar surface area (TPSA) is 0 Å². The Hall–Kier alpha value is 1.81. The second-order valence-electron chi connectivity index (χ2n) is 12.8. The molecule has 3 heteroatoms. The van der Waals surface area contributed by atoms with E-state index in [1.165, 1.54) is 38.5 Å². The van der Waals surface area contributed by atoms with Crippen LogP contribution in [0.3, 0.4) is 0 Å². The molecule has 0 N–H and O–H groups in total. The summed E-state index contributed by atoms with van der Waals surface area (Å²) in [6, 6.07) is 3.41. The molecule has 0 fully saturated rings. The van der Waals surface area contributed by atoms with E-state index in [4.69, 9.17) is 0 Å². The molecule has 0 saturated carbocycles. The van der Waals surface area contributed by atoms with Crippen LogP contribution in [0.25, 0.3) is 0 Å². The molecule has 0 aromatic rings. The molecule has 0 unspecified atom stereocenters. The molecule has 0 aliphatic heterocycles. The quantitative estimate of drug-likeness (QED) is 0.0883. The van der Waals surface area contributed by atoms with Gasteiger partial charge in [-0.3, -0.25) is 0 Å². The fourth-order valence-corrected chi connectivity index (χ4v) is 56.9. The Morgan fingerprint density at radius 1 is 0.364 bits per heavy atom. The van der Waals surface area contributed by atoms with E-state index >= 15 is 0 Å². The summed E-state index contributed by atoms with van der Waals surface area (Å²) < 4.78 is 13.9. The van der Waals surface area contributed by atoms with Crippen molar-refractivity contribution in [3.8, 4) is 0 Å². The minimum absolute atomic E-state index is 1.05. The molecule has 0 rings (SSSR count). The third-order valence-corrected chi connectivity index (χ3v) is 46.8. The SMILES string of the molecule is CCC[CH2][Sn]([CH2]CCC)([CH2]CCC)[CH2]C[Si](C)(C)C[CH2][Sn]([CH2]CCC)([CH2]CCC)[CH2]CCC. The molecule has 0 spiro atoms. The van der Waals surface area contributed by atoms with Crippen LogP contribution in [0.2, 0.25) is 60.7 Å². The van der Waals surface area contributed by atoms with Crippen molar-refractivity contribution in [1.82, 2.24) is 0 Å². The van der Waals surface area contributed by atoms with Crippen LogP contribution < -0.4 is 0 Å². The van der Waals surface area contributed by atoms with Crippen molar-refractivity contribution in [2.75, 3.05) is 0 Å². The van der Waals surface area contributed by atoms with E-state index in [-0.39, 0.29) is 0 Å². The van der Waals surface area contributed by atoms with Gasteiger partial charge in [-0.05, 0) is 0 Å². The molecule has 33 heavy (non-hydrogen) atoms. The van der Waals surface area contributed by atoms with Crippen molar-refractivity contribution in [3.63, 3.8) is 0 Å². The van der Waals surface area contributed by atoms with Gasteiger partial charge in [-0.1, -0.05) is 0 Å². The second kappa shape index (κ2) is 20.8. The molecule has 0 aromatic heterocycles. The number of rotatable bonds is 24. The van der Waals surface area contributed by atoms with Crippen LogP contribution in [0.1, 0.15) is 119 Å². The van der Waals surface area contributed by atoms with E-state index in [1.807, 2.05) is 0 Å². The van der Waals surface area contributed by atoms with Gasteiger partial charge >= 0.3 is 224 Å². The Kier molecular flexibility index (Phi) is 22.0. The summed E-state index contributed by atoms with van der Waals surface area (Å²) in [4.78, 5) is 0. The van der Waals surface area contributed by atoms with E-state index in [9.17, 15) is 0 Å². The molecule has 0 nitrogen and oxygen atoms in total. The number of hydrogen-bond acceptors (Lipinski definition) is 0. The van der Waals surface area contributed by atoms with Crippen LogP contribution >= 0.6 is 0 Å². The van der Waals surface area contributed by atoms with Gasteiger partial charge in [0.25, 0.3) is 0 Å². The summed E-state index contributed by atoms with van der Waals surface area (Å²) in [5, 5.41) is 0. The average molecular weight is 694 g/mol. The van der Waals surface area contributed by atoms with E-state index in [2.05, 4.69) is 54.6 Å². The molecule has 0 heterocycles. The Labute approximate surface area is 222 Å². The van der Waals surface area contributed by atoms with E-state index < -0.39 is 44.8 Å². The Morgan fingerprint density at radius 2 is 0.576 bits per heavy atom. The molecule has 0 aliphatic carbocycles. The molecule has 0 radical (unpaired) electrons. The maximum atomic E-state index is 2.82. The van der Waals surface area contributed by atoms with Crippen molar-refractivity contribution in [2.24, 2.45) is 0 Å². The molecule has 0 aromatic carbocycles. The molecule has 0 amide bonds. The van der Waals surface area contributed by atoms with Crippen LogP contribution in [0, 0.1) is 0 Å². The molecular weight excluding hydrogens is 626 g/mol. The first-order chi connectivity index (χ1) is 15.8. The standard InChI is InChI=1S/C6H14Si.6C4H9.2Sn/c1-5-7(3,4)6-2;6*1-3-4-2;;/h1-2,5-6H2,3-4H3;6*1,3-4H2,2H3;;. The van der Waals surface area contributed by atoms with Crippen molar-refractivity contribution in [1.29, 1.82) is 0 Å². The predicted octanol–water partition coefficient (Wildman–Crippen LogP) is 12.4. The molecule has 0 saturated heterocycles. The molecule has 0 aliphatic rings. The molecule has 200 valence electrons. The van der Waals surface area contributed by atoms with Gasteiger partial charge in [0.2, 0.25) is 0 Å². The van der Waals surface area contributed by atoms with E-state index in [0.29, 0.717) is 0 Å². The van der Waals surface area contributed by atoms with Crippen molar-refractivity contribution in [3.05, 3.63) is 0 Å².